The first-order valence-electron chi connectivity index (χ1n) is 9.51. The normalized spacial score (nSPS) is 15.4. The average molecular weight is 369 g/mol. The van der Waals surface area contributed by atoms with Crippen molar-refractivity contribution in [2.45, 2.75) is 38.3 Å². The molecule has 2 aromatic rings. The second kappa shape index (κ2) is 9.00. The molecule has 5 heteroatoms. The van der Waals surface area contributed by atoms with Crippen LogP contribution in [0.1, 0.15) is 36.5 Å². The summed E-state index contributed by atoms with van der Waals surface area (Å²) in [5, 5.41) is 6.68. The number of hydrogen-bond acceptors (Lipinski definition) is 2. The summed E-state index contributed by atoms with van der Waals surface area (Å²) >= 11 is 0. The Balaban J connectivity index is 1.62. The molecule has 1 saturated carbocycles. The number of nitrogens with one attached hydrogen (secondary N) is 2. The molecule has 0 aliphatic heterocycles. The minimum Gasteiger partial charge on any atom is -0.380 e. The van der Waals surface area contributed by atoms with Gasteiger partial charge in [-0.15, -0.1) is 0 Å². The molecule has 1 aliphatic rings. The molecule has 27 heavy (non-hydrogen) atoms. The smallest absolute Gasteiger partial charge is 0.191 e. The highest BCUT2D eigenvalue weighted by Crippen LogP contribution is 2.48. The lowest BCUT2D eigenvalue weighted by molar-refractivity contribution is 0.185. The number of benzene rings is 2. The lowest BCUT2D eigenvalue weighted by atomic mass is 9.95. The first-order valence-corrected chi connectivity index (χ1v) is 9.51. The maximum absolute atomic E-state index is 14.2. The number of aliphatic imine (C=N–C) groups is 1. The molecule has 0 unspecified atom stereocenters. The first-order chi connectivity index (χ1) is 13.2. The molecule has 144 valence electrons. The van der Waals surface area contributed by atoms with Gasteiger partial charge in [0.05, 0.1) is 13.2 Å². The Bertz CT molecular complexity index is 769. The summed E-state index contributed by atoms with van der Waals surface area (Å²) in [5.74, 6) is 0.649. The zero-order valence-electron chi connectivity index (χ0n) is 16.1. The third kappa shape index (κ3) is 5.07. The predicted octanol–water partition coefficient (Wildman–Crippen LogP) is 3.76. The lowest BCUT2D eigenvalue weighted by Gasteiger charge is -2.19. The van der Waals surface area contributed by atoms with Crippen molar-refractivity contribution in [1.82, 2.24) is 10.6 Å². The van der Waals surface area contributed by atoms with Crippen LogP contribution in [-0.4, -0.2) is 26.2 Å². The molecule has 3 rings (SSSR count). The number of methoxy groups -OCH3 is 1. The van der Waals surface area contributed by atoms with E-state index < -0.39 is 0 Å². The van der Waals surface area contributed by atoms with Gasteiger partial charge in [0.15, 0.2) is 5.96 Å². The SMILES string of the molecule is CCNC(=NCc1ccc(COC)cc1)NCC1(c2ccccc2F)CC1. The molecule has 4 nitrogen and oxygen atoms in total. The van der Waals surface area contributed by atoms with Gasteiger partial charge in [-0.1, -0.05) is 42.5 Å². The van der Waals surface area contributed by atoms with Gasteiger partial charge in [-0.2, -0.15) is 0 Å². The molecule has 2 N–H and O–H groups in total. The van der Waals surface area contributed by atoms with E-state index >= 15 is 0 Å². The molecular formula is C22H28FN3O. The van der Waals surface area contributed by atoms with Crippen LogP contribution >= 0.6 is 0 Å². The highest BCUT2D eigenvalue weighted by atomic mass is 19.1. The summed E-state index contributed by atoms with van der Waals surface area (Å²) < 4.78 is 19.3. The van der Waals surface area contributed by atoms with Gasteiger partial charge in [0.1, 0.15) is 5.82 Å². The standard InChI is InChI=1S/C22H28FN3O/c1-3-24-21(25-14-17-8-10-18(11-9-17)15-27-2)26-16-22(12-13-22)19-6-4-5-7-20(19)23/h4-11H,3,12-16H2,1-2H3,(H2,24,25,26). The molecule has 0 radical (unpaired) electrons. The number of nitrogens with zero attached hydrogens (tertiary/aromatic N) is 1. The van der Waals surface area contributed by atoms with E-state index in [1.54, 1.807) is 19.2 Å². The molecule has 0 bridgehead atoms. The van der Waals surface area contributed by atoms with Crippen LogP contribution in [0.4, 0.5) is 4.39 Å². The second-order valence-corrected chi connectivity index (χ2v) is 7.06. The van der Waals surface area contributed by atoms with E-state index in [2.05, 4.69) is 39.9 Å². The third-order valence-corrected chi connectivity index (χ3v) is 4.99. The summed E-state index contributed by atoms with van der Waals surface area (Å²) in [6.45, 7) is 4.72. The number of hydrogen-bond donors (Lipinski definition) is 2. The monoisotopic (exact) mass is 369 g/mol. The molecule has 1 aliphatic carbocycles. The van der Waals surface area contributed by atoms with E-state index in [0.29, 0.717) is 19.7 Å². The van der Waals surface area contributed by atoms with Gasteiger partial charge in [-0.05, 0) is 42.5 Å². The Labute approximate surface area is 160 Å². The summed E-state index contributed by atoms with van der Waals surface area (Å²) in [5.41, 5.74) is 2.99. The van der Waals surface area contributed by atoms with Gasteiger partial charge in [0.2, 0.25) is 0 Å². The zero-order chi connectivity index (χ0) is 19.1. The number of ether oxygens (including phenoxy) is 1. The average Bonchev–Trinajstić information content (AvgIpc) is 3.47. The van der Waals surface area contributed by atoms with Crippen LogP contribution in [0.5, 0.6) is 0 Å². The Hall–Kier alpha value is -2.40. The van der Waals surface area contributed by atoms with E-state index in [0.717, 1.165) is 42.0 Å². The van der Waals surface area contributed by atoms with E-state index in [1.807, 2.05) is 19.1 Å². The number of guanidine groups is 1. The number of halogens is 1. The van der Waals surface area contributed by atoms with Gasteiger partial charge in [0.25, 0.3) is 0 Å². The van der Waals surface area contributed by atoms with E-state index in [4.69, 9.17) is 4.74 Å². The third-order valence-electron chi connectivity index (χ3n) is 4.99. The highest BCUT2D eigenvalue weighted by molar-refractivity contribution is 5.80. The van der Waals surface area contributed by atoms with Crippen molar-refractivity contribution in [3.8, 4) is 0 Å². The van der Waals surface area contributed by atoms with E-state index in [9.17, 15) is 4.39 Å². The van der Waals surface area contributed by atoms with Crippen molar-refractivity contribution in [1.29, 1.82) is 0 Å². The van der Waals surface area contributed by atoms with Crippen molar-refractivity contribution in [2.24, 2.45) is 4.99 Å². The van der Waals surface area contributed by atoms with Crippen molar-refractivity contribution in [3.63, 3.8) is 0 Å². The topological polar surface area (TPSA) is 45.7 Å². The van der Waals surface area contributed by atoms with Gasteiger partial charge in [-0.25, -0.2) is 9.38 Å². The van der Waals surface area contributed by atoms with Gasteiger partial charge in [0, 0.05) is 25.6 Å². The van der Waals surface area contributed by atoms with Gasteiger partial charge < -0.3 is 15.4 Å². The predicted molar refractivity (Wildman–Crippen MR) is 107 cm³/mol. The molecule has 0 spiro atoms. The maximum Gasteiger partial charge on any atom is 0.191 e. The van der Waals surface area contributed by atoms with E-state index in [1.165, 1.54) is 0 Å². The highest BCUT2D eigenvalue weighted by Gasteiger charge is 2.45. The minimum absolute atomic E-state index is 0.108. The molecule has 0 heterocycles. The molecule has 2 aromatic carbocycles. The summed E-state index contributed by atoms with van der Waals surface area (Å²) in [6, 6.07) is 15.4. The maximum atomic E-state index is 14.2. The molecule has 0 atom stereocenters. The zero-order valence-corrected chi connectivity index (χ0v) is 16.1. The Kier molecular flexibility index (Phi) is 6.45. The van der Waals surface area contributed by atoms with Crippen LogP contribution in [-0.2, 0) is 23.3 Å². The first kappa shape index (κ1) is 19.4. The molecular weight excluding hydrogens is 341 g/mol. The van der Waals surface area contributed by atoms with Crippen LogP contribution < -0.4 is 10.6 Å². The second-order valence-electron chi connectivity index (χ2n) is 7.06. The quantitative estimate of drug-likeness (QED) is 0.550. The van der Waals surface area contributed by atoms with Gasteiger partial charge >= 0.3 is 0 Å². The Morgan fingerprint density at radius 3 is 2.41 bits per heavy atom. The Morgan fingerprint density at radius 1 is 1.07 bits per heavy atom. The Morgan fingerprint density at radius 2 is 1.78 bits per heavy atom. The summed E-state index contributed by atoms with van der Waals surface area (Å²) in [7, 11) is 1.69. The van der Waals surface area contributed by atoms with Crippen LogP contribution in [0, 0.1) is 5.82 Å². The number of rotatable bonds is 8. The molecule has 1 fully saturated rings. The fraction of sp³-hybridized carbons (Fsp3) is 0.409. The van der Waals surface area contributed by atoms with Crippen LogP contribution in [0.2, 0.25) is 0 Å². The molecule has 0 amide bonds. The summed E-state index contributed by atoms with van der Waals surface area (Å²) in [4.78, 5) is 4.68. The van der Waals surface area contributed by atoms with Crippen molar-refractivity contribution >= 4 is 5.96 Å². The molecule has 0 aromatic heterocycles. The van der Waals surface area contributed by atoms with Crippen LogP contribution in [0.15, 0.2) is 53.5 Å². The van der Waals surface area contributed by atoms with Crippen molar-refractivity contribution in [3.05, 3.63) is 71.0 Å². The fourth-order valence-electron chi connectivity index (χ4n) is 3.26. The van der Waals surface area contributed by atoms with Gasteiger partial charge in [-0.3, -0.25) is 0 Å². The van der Waals surface area contributed by atoms with Crippen LogP contribution in [0.25, 0.3) is 0 Å². The largest absolute Gasteiger partial charge is 0.380 e. The van der Waals surface area contributed by atoms with Crippen molar-refractivity contribution in [2.75, 3.05) is 20.2 Å². The summed E-state index contributed by atoms with van der Waals surface area (Å²) in [6.07, 6.45) is 2.00. The van der Waals surface area contributed by atoms with Crippen LogP contribution in [0.3, 0.4) is 0 Å². The lowest BCUT2D eigenvalue weighted by Crippen LogP contribution is -2.41. The minimum atomic E-state index is -0.116. The molecule has 0 saturated heterocycles. The van der Waals surface area contributed by atoms with E-state index in [-0.39, 0.29) is 11.2 Å². The fourth-order valence-corrected chi connectivity index (χ4v) is 3.26. The van der Waals surface area contributed by atoms with Crippen molar-refractivity contribution < 1.29 is 9.13 Å².